The molecular formula is C35H44F3N5O4S. The fourth-order valence-corrected chi connectivity index (χ4v) is 8.07. The Morgan fingerprint density at radius 2 is 1.77 bits per heavy atom. The highest BCUT2D eigenvalue weighted by Gasteiger charge is 2.39. The smallest absolute Gasteiger partial charge is 0.406 e. The summed E-state index contributed by atoms with van der Waals surface area (Å²) in [5.74, 6) is 6.07. The van der Waals surface area contributed by atoms with Crippen molar-refractivity contribution in [2.75, 3.05) is 50.7 Å². The van der Waals surface area contributed by atoms with E-state index in [1.807, 2.05) is 6.07 Å². The van der Waals surface area contributed by atoms with Crippen LogP contribution in [0.5, 0.6) is 5.75 Å². The predicted octanol–water partition coefficient (Wildman–Crippen LogP) is 5.66. The van der Waals surface area contributed by atoms with Crippen molar-refractivity contribution in [3.05, 3.63) is 53.7 Å². The Hall–Kier alpha value is -3.89. The molecule has 1 aliphatic carbocycles. The molecule has 0 bridgehead atoms. The normalized spacial score (nSPS) is 20.9. The summed E-state index contributed by atoms with van der Waals surface area (Å²) < 4.78 is 71.9. The maximum Gasteiger partial charge on any atom is 0.406 e. The summed E-state index contributed by atoms with van der Waals surface area (Å²) >= 11 is 0. The molecule has 1 aliphatic heterocycles. The Balaban J connectivity index is 1.29. The molecule has 0 atom stereocenters. The minimum absolute atomic E-state index is 0.00427. The number of methoxy groups -OCH3 is 1. The van der Waals surface area contributed by atoms with Gasteiger partial charge in [-0.05, 0) is 101 Å². The topological polar surface area (TPSA) is 105 Å². The number of benzene rings is 2. The van der Waals surface area contributed by atoms with Gasteiger partial charge in [0, 0.05) is 41.5 Å². The number of nitrogens with zero attached hydrogens (tertiary/aromatic N) is 2. The second kappa shape index (κ2) is 14.3. The molecule has 260 valence electrons. The molecule has 2 aromatic carbocycles. The van der Waals surface area contributed by atoms with E-state index in [0.29, 0.717) is 40.7 Å². The van der Waals surface area contributed by atoms with Crippen molar-refractivity contribution >= 4 is 38.0 Å². The molecule has 2 aliphatic rings. The molecule has 1 aromatic heterocycles. The number of likely N-dealkylation sites (tertiary alicyclic amines) is 1. The van der Waals surface area contributed by atoms with Crippen LogP contribution < -0.4 is 20.7 Å². The molecule has 13 heteroatoms. The van der Waals surface area contributed by atoms with E-state index in [-0.39, 0.29) is 35.0 Å². The molecule has 48 heavy (non-hydrogen) atoms. The molecule has 0 unspecified atom stereocenters. The number of hydrogen-bond donors (Lipinski definition) is 3. The largest absolute Gasteiger partial charge is 0.495 e. The predicted molar refractivity (Wildman–Crippen MR) is 183 cm³/mol. The summed E-state index contributed by atoms with van der Waals surface area (Å²) in [4.78, 5) is 14.4. The third-order valence-electron chi connectivity index (χ3n) is 9.79. The van der Waals surface area contributed by atoms with Crippen molar-refractivity contribution in [2.24, 2.45) is 0 Å². The third kappa shape index (κ3) is 8.21. The SMILES string of the molecule is CNC(=O)c1ccc(NCC#Cc2cc3c(NC4CCC(C)(N5CCC(S(C)(=O)=O)CC5)CC4)cccc3n2CC(F)(F)F)c(OC)c1. The van der Waals surface area contributed by atoms with Gasteiger partial charge >= 0.3 is 6.18 Å². The Labute approximate surface area is 280 Å². The van der Waals surface area contributed by atoms with Gasteiger partial charge in [-0.15, -0.1) is 0 Å². The minimum Gasteiger partial charge on any atom is -0.495 e. The fourth-order valence-electron chi connectivity index (χ4n) is 7.00. The molecule has 2 fully saturated rings. The highest BCUT2D eigenvalue weighted by atomic mass is 32.2. The summed E-state index contributed by atoms with van der Waals surface area (Å²) in [6, 6.07) is 12.2. The van der Waals surface area contributed by atoms with Crippen molar-refractivity contribution in [3.8, 4) is 17.6 Å². The van der Waals surface area contributed by atoms with E-state index >= 15 is 0 Å². The standard InChI is InChI=1S/C35H44F3N5O4S/c1-34(42-19-14-27(15-20-42)48(4,45)46)16-12-25(13-17-34)41-29-8-5-9-31-28(29)22-26(43(31)23-35(36,37)38)7-6-18-40-30-11-10-24(33(44)39-2)21-32(30)47-3/h5,8-11,21-22,25,27,40-41H,12-20,23H2,1-4H3,(H,39,44). The minimum atomic E-state index is -4.44. The van der Waals surface area contributed by atoms with Gasteiger partial charge in [0.25, 0.3) is 5.91 Å². The van der Waals surface area contributed by atoms with Gasteiger partial charge in [-0.1, -0.05) is 12.0 Å². The van der Waals surface area contributed by atoms with E-state index < -0.39 is 22.6 Å². The van der Waals surface area contributed by atoms with Gasteiger partial charge < -0.3 is 25.3 Å². The lowest BCUT2D eigenvalue weighted by Gasteiger charge is -2.48. The molecule has 1 saturated heterocycles. The molecule has 9 nitrogen and oxygen atoms in total. The van der Waals surface area contributed by atoms with Crippen LogP contribution in [-0.4, -0.2) is 86.8 Å². The number of rotatable bonds is 9. The molecule has 3 N–H and O–H groups in total. The lowest BCUT2D eigenvalue weighted by atomic mass is 9.78. The van der Waals surface area contributed by atoms with Crippen molar-refractivity contribution < 1.29 is 31.1 Å². The van der Waals surface area contributed by atoms with E-state index in [2.05, 4.69) is 39.6 Å². The van der Waals surface area contributed by atoms with E-state index in [9.17, 15) is 26.4 Å². The van der Waals surface area contributed by atoms with Gasteiger partial charge in [0.15, 0.2) is 0 Å². The molecule has 3 aromatic rings. The first kappa shape index (κ1) is 35.4. The van der Waals surface area contributed by atoms with Gasteiger partial charge in [-0.3, -0.25) is 9.69 Å². The Bertz CT molecular complexity index is 1800. The Kier molecular flexibility index (Phi) is 10.6. The Morgan fingerprint density at radius 1 is 1.06 bits per heavy atom. The zero-order chi connectivity index (χ0) is 34.7. The molecular weight excluding hydrogens is 643 g/mol. The summed E-state index contributed by atoms with van der Waals surface area (Å²) in [5.41, 5.74) is 2.52. The maximum absolute atomic E-state index is 13.7. The second-order valence-corrected chi connectivity index (χ2v) is 15.4. The monoisotopic (exact) mass is 687 g/mol. The number of ether oxygens (including phenoxy) is 1. The van der Waals surface area contributed by atoms with Gasteiger partial charge in [0.2, 0.25) is 0 Å². The number of aromatic nitrogens is 1. The van der Waals surface area contributed by atoms with Gasteiger partial charge in [-0.25, -0.2) is 8.42 Å². The van der Waals surface area contributed by atoms with Gasteiger partial charge in [0.1, 0.15) is 22.1 Å². The highest BCUT2D eigenvalue weighted by Crippen LogP contribution is 2.38. The van der Waals surface area contributed by atoms with Crippen LogP contribution in [0.3, 0.4) is 0 Å². The number of hydrogen-bond acceptors (Lipinski definition) is 7. The van der Waals surface area contributed by atoms with Crippen LogP contribution in [0, 0.1) is 11.8 Å². The molecule has 1 saturated carbocycles. The van der Waals surface area contributed by atoms with Crippen molar-refractivity contribution in [3.63, 3.8) is 0 Å². The van der Waals surface area contributed by atoms with E-state index in [1.165, 1.54) is 25.0 Å². The summed E-state index contributed by atoms with van der Waals surface area (Å²) in [7, 11) is -0.00324. The van der Waals surface area contributed by atoms with Crippen LogP contribution in [-0.2, 0) is 16.4 Å². The van der Waals surface area contributed by atoms with Crippen LogP contribution in [0.4, 0.5) is 24.5 Å². The first-order valence-corrected chi connectivity index (χ1v) is 18.2. The summed E-state index contributed by atoms with van der Waals surface area (Å²) in [6.07, 6.45) is 1.90. The average Bonchev–Trinajstić information content (AvgIpc) is 3.39. The fraction of sp³-hybridized carbons (Fsp3) is 0.514. The number of sulfone groups is 1. The molecule has 2 heterocycles. The van der Waals surface area contributed by atoms with Crippen LogP contribution in [0.1, 0.15) is 61.5 Å². The van der Waals surface area contributed by atoms with Crippen molar-refractivity contribution in [1.29, 1.82) is 0 Å². The number of carbonyl (C=O) groups excluding carboxylic acids is 1. The summed E-state index contributed by atoms with van der Waals surface area (Å²) in [6.45, 7) is 2.78. The van der Waals surface area contributed by atoms with E-state index in [1.54, 1.807) is 36.4 Å². The quantitative estimate of drug-likeness (QED) is 0.250. The Morgan fingerprint density at radius 3 is 2.40 bits per heavy atom. The maximum atomic E-state index is 13.7. The molecule has 0 radical (unpaired) electrons. The first-order valence-electron chi connectivity index (χ1n) is 16.2. The summed E-state index contributed by atoms with van der Waals surface area (Å²) in [5, 5.41) is 9.72. The number of amides is 1. The van der Waals surface area contributed by atoms with E-state index in [0.717, 1.165) is 44.5 Å². The van der Waals surface area contributed by atoms with Gasteiger partial charge in [0.05, 0.1) is 35.8 Å². The number of nitrogens with one attached hydrogen (secondary N) is 3. The number of piperidine rings is 1. The second-order valence-electron chi connectivity index (χ2n) is 13.1. The lowest BCUT2D eigenvalue weighted by Crippen LogP contribution is -2.54. The number of fused-ring (bicyclic) bond motifs is 1. The van der Waals surface area contributed by atoms with Crippen LogP contribution >= 0.6 is 0 Å². The van der Waals surface area contributed by atoms with E-state index in [4.69, 9.17) is 4.74 Å². The lowest BCUT2D eigenvalue weighted by molar-refractivity contribution is -0.140. The first-order chi connectivity index (χ1) is 22.7. The van der Waals surface area contributed by atoms with Gasteiger partial charge in [-0.2, -0.15) is 13.2 Å². The van der Waals surface area contributed by atoms with Crippen molar-refractivity contribution in [1.82, 2.24) is 14.8 Å². The number of halogens is 3. The molecule has 5 rings (SSSR count). The molecule has 1 amide bonds. The van der Waals surface area contributed by atoms with Crippen molar-refractivity contribution in [2.45, 2.75) is 75.0 Å². The molecule has 0 spiro atoms. The zero-order valence-corrected chi connectivity index (χ0v) is 28.7. The number of anilines is 2. The zero-order valence-electron chi connectivity index (χ0n) is 27.8. The average molecular weight is 688 g/mol. The van der Waals surface area contributed by atoms with Crippen LogP contribution in [0.2, 0.25) is 0 Å². The third-order valence-corrected chi connectivity index (χ3v) is 11.5. The number of carbonyl (C=O) groups is 1. The van der Waals surface area contributed by atoms with Crippen LogP contribution in [0.15, 0.2) is 42.5 Å². The highest BCUT2D eigenvalue weighted by molar-refractivity contribution is 7.91. The number of alkyl halides is 3. The van der Waals surface area contributed by atoms with Crippen LogP contribution in [0.25, 0.3) is 10.9 Å².